The van der Waals surface area contributed by atoms with Gasteiger partial charge in [-0.3, -0.25) is 18.9 Å². The van der Waals surface area contributed by atoms with Gasteiger partial charge < -0.3 is 16.0 Å². The Labute approximate surface area is 324 Å². The van der Waals surface area contributed by atoms with Crippen molar-refractivity contribution in [1.82, 2.24) is 0 Å². The molecule has 3 unspecified atom stereocenters. The van der Waals surface area contributed by atoms with Crippen LogP contribution in [-0.2, 0) is 34.0 Å². The average Bonchev–Trinajstić information content (AvgIpc) is 3.05. The third-order valence-electron chi connectivity index (χ3n) is 8.65. The maximum atomic E-state index is 12.2. The molecule has 11 heteroatoms. The second kappa shape index (κ2) is 36.8. The van der Waals surface area contributed by atoms with Crippen LogP contribution < -0.4 is 29.6 Å². The minimum absolute atomic E-state index is 0. The van der Waals surface area contributed by atoms with Crippen molar-refractivity contribution < 1.29 is 72.9 Å². The van der Waals surface area contributed by atoms with Gasteiger partial charge in [-0.15, -0.1) is 0 Å². The Balaban J connectivity index is -0.000000428. The molecule has 49 heavy (non-hydrogen) atoms. The molecule has 2 N–H and O–H groups in total. The van der Waals surface area contributed by atoms with E-state index in [1.165, 1.54) is 70.6 Å². The average molecular weight is 729 g/mol. The van der Waals surface area contributed by atoms with Crippen LogP contribution in [0.2, 0.25) is 0 Å². The molecule has 0 aliphatic heterocycles. The molecular formula is C38H73NaO9S. The van der Waals surface area contributed by atoms with Gasteiger partial charge in [-0.25, -0.2) is 0 Å². The minimum Gasteiger partial charge on any atom is -1.00 e. The topological polar surface area (TPSA) is 144 Å². The Morgan fingerprint density at radius 3 is 1.51 bits per heavy atom. The molecule has 0 aromatic rings. The third-order valence-corrected chi connectivity index (χ3v) is 9.73. The smallest absolute Gasteiger partial charge is 1.00 e. The number of carbonyl (C=O) groups excluding carboxylic acids is 2. The Kier molecular flexibility index (Phi) is 39.4. The number of unbranched alkanes of at least 4 members (excludes halogenated alkanes) is 13. The Bertz CT molecular complexity index is 931. The fraction of sp³-hybridized carbons (Fsp3) is 0.868. The van der Waals surface area contributed by atoms with E-state index in [1.54, 1.807) is 0 Å². The second-order valence-corrected chi connectivity index (χ2v) is 14.7. The van der Waals surface area contributed by atoms with Crippen LogP contribution in [0.25, 0.3) is 0 Å². The van der Waals surface area contributed by atoms with Crippen molar-refractivity contribution in [1.29, 1.82) is 0 Å². The van der Waals surface area contributed by atoms with Crippen molar-refractivity contribution in [3.63, 3.8) is 0 Å². The molecule has 0 bridgehead atoms. The first-order valence-corrected chi connectivity index (χ1v) is 20.6. The molecule has 9 nitrogen and oxygen atoms in total. The molecule has 286 valence electrons. The first-order chi connectivity index (χ1) is 23.0. The molecule has 0 fully saturated rings. The fourth-order valence-corrected chi connectivity index (χ4v) is 5.83. The monoisotopic (exact) mass is 728 g/mol. The van der Waals surface area contributed by atoms with E-state index >= 15 is 0 Å². The molecule has 0 aromatic carbocycles. The minimum atomic E-state index is -4.76. The number of allylic oxidation sites excluding steroid dienone is 2. The molecule has 0 aromatic heterocycles. The standard InChI is InChI=1S/C20H38O7S.C18H34O2.Na.H/c1-5-9-11-16(7-3)14-26-19(21)13-18(28(23,24)25)20(22)27-15-17(8-4)12-10-6-2;1-2-3-4-5-6-7-8-9-10-11-12-13-14-15-16-17-18(19)20;;/h16-18H,5-15H2,1-4H3,(H,23,24,25);9-10H,2-8,11-17H2,1H3,(H,19,20);;/q;;+1;-1/b;10-9-;;. The molecule has 0 aliphatic rings. The van der Waals surface area contributed by atoms with E-state index in [0.717, 1.165) is 64.2 Å². The summed E-state index contributed by atoms with van der Waals surface area (Å²) in [6, 6.07) is 0. The number of carboxylic acid groups (broad SMARTS) is 1. The van der Waals surface area contributed by atoms with E-state index in [-0.39, 0.29) is 56.0 Å². The van der Waals surface area contributed by atoms with Crippen LogP contribution in [0.4, 0.5) is 0 Å². The van der Waals surface area contributed by atoms with Gasteiger partial charge >= 0.3 is 47.5 Å². The van der Waals surface area contributed by atoms with Crippen LogP contribution in [0.3, 0.4) is 0 Å². The van der Waals surface area contributed by atoms with Gasteiger partial charge in [0, 0.05) is 6.42 Å². The summed E-state index contributed by atoms with van der Waals surface area (Å²) in [7, 11) is -4.76. The first-order valence-electron chi connectivity index (χ1n) is 19.1. The third kappa shape index (κ3) is 35.3. The zero-order valence-electron chi connectivity index (χ0n) is 33.2. The quantitative estimate of drug-likeness (QED) is 0.0246. The molecule has 0 heterocycles. The maximum Gasteiger partial charge on any atom is 1.00 e. The fourth-order valence-electron chi connectivity index (χ4n) is 5.17. The summed E-state index contributed by atoms with van der Waals surface area (Å²) in [5.41, 5.74) is 0. The van der Waals surface area contributed by atoms with Crippen molar-refractivity contribution in [2.75, 3.05) is 13.2 Å². The van der Waals surface area contributed by atoms with Crippen molar-refractivity contribution in [2.24, 2.45) is 11.8 Å². The van der Waals surface area contributed by atoms with Gasteiger partial charge in [-0.05, 0) is 56.8 Å². The van der Waals surface area contributed by atoms with E-state index in [9.17, 15) is 27.4 Å². The van der Waals surface area contributed by atoms with Crippen LogP contribution >= 0.6 is 0 Å². The molecular weight excluding hydrogens is 655 g/mol. The SMILES string of the molecule is CCCCC(CC)COC(=O)CC(C(=O)OCC(CC)CCCC)S(=O)(=O)O.CCCCCCCC/C=C\CCCCCCCC(=O)O.[H-].[Na+]. The van der Waals surface area contributed by atoms with E-state index < -0.39 is 39.7 Å². The van der Waals surface area contributed by atoms with Gasteiger partial charge in [-0.1, -0.05) is 137 Å². The van der Waals surface area contributed by atoms with Crippen molar-refractivity contribution in [2.45, 2.75) is 188 Å². The molecule has 0 saturated heterocycles. The molecule has 0 rings (SSSR count). The molecule has 3 atom stereocenters. The Hall–Kier alpha value is -0.940. The Morgan fingerprint density at radius 1 is 0.653 bits per heavy atom. The van der Waals surface area contributed by atoms with Crippen LogP contribution in [0.15, 0.2) is 12.2 Å². The summed E-state index contributed by atoms with van der Waals surface area (Å²) < 4.78 is 42.8. The second-order valence-electron chi connectivity index (χ2n) is 13.1. The van der Waals surface area contributed by atoms with Crippen molar-refractivity contribution >= 4 is 28.0 Å². The largest absolute Gasteiger partial charge is 1.00 e. The molecule has 0 saturated carbocycles. The number of esters is 2. The number of carbonyl (C=O) groups is 3. The van der Waals surface area contributed by atoms with E-state index in [2.05, 4.69) is 32.9 Å². The van der Waals surface area contributed by atoms with Gasteiger partial charge in [0.25, 0.3) is 10.1 Å². The molecule has 0 radical (unpaired) electrons. The number of hydrogen-bond donors (Lipinski definition) is 2. The van der Waals surface area contributed by atoms with Gasteiger partial charge in [0.1, 0.15) is 0 Å². The number of aliphatic carboxylic acids is 1. The van der Waals surface area contributed by atoms with Crippen LogP contribution in [0.1, 0.15) is 184 Å². The number of hydrogen-bond acceptors (Lipinski definition) is 7. The summed E-state index contributed by atoms with van der Waals surface area (Å²) >= 11 is 0. The number of rotatable bonds is 31. The molecule has 0 aliphatic carbocycles. The number of carboxylic acids is 1. The molecule has 0 amide bonds. The van der Waals surface area contributed by atoms with Crippen molar-refractivity contribution in [3.8, 4) is 0 Å². The predicted molar refractivity (Wildman–Crippen MR) is 197 cm³/mol. The van der Waals surface area contributed by atoms with Crippen molar-refractivity contribution in [3.05, 3.63) is 12.2 Å². The predicted octanol–water partition coefficient (Wildman–Crippen LogP) is 7.38. The Morgan fingerprint density at radius 2 is 1.08 bits per heavy atom. The number of ether oxygens (including phenoxy) is 2. The van der Waals surface area contributed by atoms with Gasteiger partial charge in [0.15, 0.2) is 5.25 Å². The van der Waals surface area contributed by atoms with Crippen LogP contribution in [0, 0.1) is 11.8 Å². The zero-order chi connectivity index (χ0) is 36.5. The van der Waals surface area contributed by atoms with Gasteiger partial charge in [0.2, 0.25) is 0 Å². The van der Waals surface area contributed by atoms with Gasteiger partial charge in [0.05, 0.1) is 19.6 Å². The normalized spacial score (nSPS) is 13.1. The van der Waals surface area contributed by atoms with E-state index in [1.807, 2.05) is 13.8 Å². The summed E-state index contributed by atoms with van der Waals surface area (Å²) in [5.74, 6) is -2.27. The maximum absolute atomic E-state index is 12.2. The summed E-state index contributed by atoms with van der Waals surface area (Å²) in [6.07, 6.45) is 28.0. The summed E-state index contributed by atoms with van der Waals surface area (Å²) in [4.78, 5) is 34.5. The summed E-state index contributed by atoms with van der Waals surface area (Å²) in [5, 5.41) is 6.56. The van der Waals surface area contributed by atoms with E-state index in [0.29, 0.717) is 6.42 Å². The molecule has 0 spiro atoms. The first kappa shape index (κ1) is 52.4. The van der Waals surface area contributed by atoms with E-state index in [4.69, 9.17) is 14.6 Å². The van der Waals surface area contributed by atoms with Crippen LogP contribution in [0.5, 0.6) is 0 Å². The zero-order valence-corrected chi connectivity index (χ0v) is 35.0. The summed E-state index contributed by atoms with van der Waals surface area (Å²) in [6.45, 7) is 10.6. The van der Waals surface area contributed by atoms with Crippen LogP contribution in [-0.4, -0.2) is 54.4 Å². The van der Waals surface area contributed by atoms with Gasteiger partial charge in [-0.2, -0.15) is 8.42 Å².